The van der Waals surface area contributed by atoms with Crippen molar-refractivity contribution in [3.05, 3.63) is 50.1 Å². The molecule has 2 aromatic heterocycles. The summed E-state index contributed by atoms with van der Waals surface area (Å²) in [5.41, 5.74) is 4.16. The molecule has 5 rings (SSSR count). The first-order chi connectivity index (χ1) is 14.0. The van der Waals surface area contributed by atoms with Gasteiger partial charge in [-0.1, -0.05) is 17.8 Å². The second-order valence-electron chi connectivity index (χ2n) is 7.83. The van der Waals surface area contributed by atoms with E-state index in [2.05, 4.69) is 6.07 Å². The van der Waals surface area contributed by atoms with Crippen molar-refractivity contribution in [1.82, 2.24) is 9.55 Å². The number of ether oxygens (including phenoxy) is 1. The van der Waals surface area contributed by atoms with Crippen LogP contribution in [0.15, 0.2) is 28.2 Å². The summed E-state index contributed by atoms with van der Waals surface area (Å²) in [4.78, 5) is 32.9. The Labute approximate surface area is 177 Å². The molecule has 0 unspecified atom stereocenters. The Morgan fingerprint density at radius 2 is 1.90 bits per heavy atom. The summed E-state index contributed by atoms with van der Waals surface area (Å²) in [5.74, 6) is -0.221. The van der Waals surface area contributed by atoms with Crippen LogP contribution in [0.1, 0.15) is 40.8 Å². The first kappa shape index (κ1) is 18.9. The van der Waals surface area contributed by atoms with E-state index in [0.29, 0.717) is 18.2 Å². The maximum Gasteiger partial charge on any atom is 0.319 e. The summed E-state index contributed by atoms with van der Waals surface area (Å²) >= 11 is 2.99. The highest BCUT2D eigenvalue weighted by atomic mass is 32.2. The molecular weight excluding hydrogens is 404 g/mol. The number of carbonyl (C=O) groups excluding carboxylic acids is 1. The summed E-state index contributed by atoms with van der Waals surface area (Å²) < 4.78 is 6.84. The van der Waals surface area contributed by atoms with Crippen molar-refractivity contribution in [1.29, 1.82) is 0 Å². The number of cyclic esters (lactones) is 1. The monoisotopic (exact) mass is 426 g/mol. The molecule has 3 aromatic rings. The molecule has 0 amide bonds. The van der Waals surface area contributed by atoms with Gasteiger partial charge in [-0.15, -0.1) is 11.3 Å². The molecule has 1 aliphatic heterocycles. The summed E-state index contributed by atoms with van der Waals surface area (Å²) in [7, 11) is 0. The summed E-state index contributed by atoms with van der Waals surface area (Å²) in [6.07, 6.45) is 4.90. The van der Waals surface area contributed by atoms with E-state index in [1.165, 1.54) is 28.6 Å². The van der Waals surface area contributed by atoms with Crippen LogP contribution in [-0.4, -0.2) is 27.4 Å². The summed E-state index contributed by atoms with van der Waals surface area (Å²) in [5, 5.41) is 1.03. The first-order valence-electron chi connectivity index (χ1n) is 10.0. The van der Waals surface area contributed by atoms with Gasteiger partial charge in [0.05, 0.1) is 17.7 Å². The number of hydrogen-bond acceptors (Lipinski definition) is 6. The highest BCUT2D eigenvalue weighted by Gasteiger charge is 2.31. The molecule has 7 heteroatoms. The standard InChI is InChI=1S/C22H22N2O3S2/c1-12-9-13(2)11-14(10-12)24-20(25)18-15-5-3-4-6-16(15)28-19(18)23-22(24)29-17-7-8-27-21(17)26/h9-11,17H,3-8H2,1-2H3/t17-/m1/s1. The minimum absolute atomic E-state index is 0.0201. The lowest BCUT2D eigenvalue weighted by atomic mass is 9.97. The Morgan fingerprint density at radius 1 is 1.14 bits per heavy atom. The minimum atomic E-state index is -0.314. The third-order valence-corrected chi connectivity index (χ3v) is 7.94. The Kier molecular flexibility index (Phi) is 4.75. The fraction of sp³-hybridized carbons (Fsp3) is 0.409. The molecular formula is C22H22N2O3S2. The Morgan fingerprint density at radius 3 is 2.62 bits per heavy atom. The first-order valence-corrected chi connectivity index (χ1v) is 11.7. The zero-order valence-electron chi connectivity index (χ0n) is 16.5. The van der Waals surface area contributed by atoms with Gasteiger partial charge in [-0.2, -0.15) is 0 Å². The number of benzene rings is 1. The van der Waals surface area contributed by atoms with E-state index in [4.69, 9.17) is 9.72 Å². The molecule has 29 heavy (non-hydrogen) atoms. The SMILES string of the molecule is Cc1cc(C)cc(-n2c(S[C@@H]3CCOC3=O)nc3sc4c(c3c2=O)CCCC4)c1. The number of thiophene rings is 1. The van der Waals surface area contributed by atoms with Crippen molar-refractivity contribution < 1.29 is 9.53 Å². The molecule has 150 valence electrons. The van der Waals surface area contributed by atoms with Gasteiger partial charge >= 0.3 is 5.97 Å². The van der Waals surface area contributed by atoms with Gasteiger partial charge in [0.15, 0.2) is 5.16 Å². The van der Waals surface area contributed by atoms with E-state index in [9.17, 15) is 9.59 Å². The summed E-state index contributed by atoms with van der Waals surface area (Å²) in [6, 6.07) is 6.11. The van der Waals surface area contributed by atoms with Gasteiger partial charge in [0.2, 0.25) is 0 Å². The number of aryl methyl sites for hydroxylation is 4. The van der Waals surface area contributed by atoms with Crippen LogP contribution in [-0.2, 0) is 22.4 Å². The predicted molar refractivity (Wildman–Crippen MR) is 117 cm³/mol. The van der Waals surface area contributed by atoms with Crippen molar-refractivity contribution in [2.24, 2.45) is 0 Å². The van der Waals surface area contributed by atoms with Gasteiger partial charge in [-0.05, 0) is 68.4 Å². The fourth-order valence-corrected chi connectivity index (χ4v) is 6.66. The normalized spacial score (nSPS) is 18.8. The van der Waals surface area contributed by atoms with Crippen LogP contribution < -0.4 is 5.56 Å². The quantitative estimate of drug-likeness (QED) is 0.460. The number of esters is 1. The predicted octanol–water partition coefficient (Wildman–Crippen LogP) is 4.35. The molecule has 0 spiro atoms. The second-order valence-corrected chi connectivity index (χ2v) is 10.1. The summed E-state index contributed by atoms with van der Waals surface area (Å²) in [6.45, 7) is 4.49. The third-order valence-electron chi connectivity index (χ3n) is 5.56. The molecule has 0 saturated carbocycles. The average Bonchev–Trinajstić information content (AvgIpc) is 3.24. The van der Waals surface area contributed by atoms with Crippen molar-refractivity contribution in [2.45, 2.75) is 56.4 Å². The lowest BCUT2D eigenvalue weighted by Gasteiger charge is -2.15. The lowest BCUT2D eigenvalue weighted by molar-refractivity contribution is -0.137. The highest BCUT2D eigenvalue weighted by Crippen LogP contribution is 2.37. The van der Waals surface area contributed by atoms with E-state index >= 15 is 0 Å². The van der Waals surface area contributed by atoms with Crippen LogP contribution >= 0.6 is 23.1 Å². The second kappa shape index (κ2) is 7.29. The minimum Gasteiger partial charge on any atom is -0.465 e. The third kappa shape index (κ3) is 3.30. The number of hydrogen-bond donors (Lipinski definition) is 0. The van der Waals surface area contributed by atoms with Crippen molar-refractivity contribution in [3.8, 4) is 5.69 Å². The van der Waals surface area contributed by atoms with E-state index in [-0.39, 0.29) is 16.8 Å². The lowest BCUT2D eigenvalue weighted by Crippen LogP contribution is -2.24. The topological polar surface area (TPSA) is 61.2 Å². The molecule has 0 radical (unpaired) electrons. The molecule has 1 fully saturated rings. The van der Waals surface area contributed by atoms with Gasteiger partial charge < -0.3 is 4.74 Å². The van der Waals surface area contributed by atoms with Gasteiger partial charge in [-0.3, -0.25) is 14.2 Å². The van der Waals surface area contributed by atoms with Crippen molar-refractivity contribution in [3.63, 3.8) is 0 Å². The van der Waals surface area contributed by atoms with Crippen LogP contribution in [0.25, 0.3) is 15.9 Å². The number of thioether (sulfide) groups is 1. The maximum absolute atomic E-state index is 13.8. The highest BCUT2D eigenvalue weighted by molar-refractivity contribution is 8.00. The fourth-order valence-electron chi connectivity index (χ4n) is 4.28. The van der Waals surface area contributed by atoms with Gasteiger partial charge in [-0.25, -0.2) is 4.98 Å². The molecule has 1 aliphatic carbocycles. The maximum atomic E-state index is 13.8. The molecule has 5 nitrogen and oxygen atoms in total. The van der Waals surface area contributed by atoms with E-state index in [1.54, 1.807) is 15.9 Å². The number of fused-ring (bicyclic) bond motifs is 3. The number of aromatic nitrogens is 2. The molecule has 0 bridgehead atoms. The number of carbonyl (C=O) groups is 1. The van der Waals surface area contributed by atoms with Gasteiger partial charge in [0.25, 0.3) is 5.56 Å². The molecule has 0 N–H and O–H groups in total. The van der Waals surface area contributed by atoms with E-state index < -0.39 is 0 Å². The molecule has 1 aromatic carbocycles. The van der Waals surface area contributed by atoms with Crippen LogP contribution in [0.4, 0.5) is 0 Å². The number of rotatable bonds is 3. The largest absolute Gasteiger partial charge is 0.465 e. The average molecular weight is 427 g/mol. The molecule has 1 saturated heterocycles. The molecule has 1 atom stereocenters. The molecule has 3 heterocycles. The van der Waals surface area contributed by atoms with Crippen LogP contribution in [0.5, 0.6) is 0 Å². The Balaban J connectivity index is 1.76. The van der Waals surface area contributed by atoms with Crippen LogP contribution in [0, 0.1) is 13.8 Å². The Bertz CT molecular complexity index is 1170. The zero-order valence-corrected chi connectivity index (χ0v) is 18.1. The van der Waals surface area contributed by atoms with Crippen LogP contribution in [0.3, 0.4) is 0 Å². The smallest absolute Gasteiger partial charge is 0.319 e. The van der Waals surface area contributed by atoms with E-state index in [1.807, 2.05) is 26.0 Å². The molecule has 2 aliphatic rings. The number of nitrogens with zero attached hydrogens (tertiary/aromatic N) is 2. The van der Waals surface area contributed by atoms with Crippen molar-refractivity contribution >= 4 is 39.3 Å². The van der Waals surface area contributed by atoms with E-state index in [0.717, 1.165) is 46.3 Å². The Hall–Kier alpha value is -2.12. The van der Waals surface area contributed by atoms with Gasteiger partial charge in [0.1, 0.15) is 10.1 Å². The van der Waals surface area contributed by atoms with Crippen molar-refractivity contribution in [2.75, 3.05) is 6.61 Å². The zero-order chi connectivity index (χ0) is 20.1. The van der Waals surface area contributed by atoms with Gasteiger partial charge in [0, 0.05) is 11.3 Å². The van der Waals surface area contributed by atoms with Crippen LogP contribution in [0.2, 0.25) is 0 Å².